The highest BCUT2D eigenvalue weighted by atomic mass is 16.8. The lowest BCUT2D eigenvalue weighted by Gasteiger charge is -2.51. The smallest absolute Gasteiger partial charge is 0.217 e. The lowest BCUT2D eigenvalue weighted by Crippen LogP contribution is -2.71. The summed E-state index contributed by atoms with van der Waals surface area (Å²) in [5.74, 6) is -3.98. The molecule has 834 valence electrons. The molecule has 12 aliphatic heterocycles. The molecule has 4 amide bonds. The monoisotopic (exact) mass is 2110 g/mol. The van der Waals surface area contributed by atoms with Crippen LogP contribution >= 0.6 is 0 Å². The molecule has 12 heterocycles. The van der Waals surface area contributed by atoms with Gasteiger partial charge in [0.05, 0.1) is 78.8 Å². The lowest BCUT2D eigenvalue weighted by atomic mass is 9.93. The molecule has 144 heavy (non-hydrogen) atoms. The summed E-state index contributed by atoms with van der Waals surface area (Å²) in [6.45, 7) is -7.77. The highest BCUT2D eigenvalue weighted by Crippen LogP contribution is 2.43. The van der Waals surface area contributed by atoms with Crippen LogP contribution in [0, 0.1) is 0 Å². The van der Waals surface area contributed by atoms with Crippen LogP contribution in [0.2, 0.25) is 0 Å². The molecule has 0 radical (unpaired) electrons. The topological polar surface area (TPSA) is 996 Å². The average molecular weight is 2110 g/mol. The van der Waals surface area contributed by atoms with Gasteiger partial charge in [0.2, 0.25) is 23.6 Å². The Labute approximate surface area is 814 Å². The van der Waals surface area contributed by atoms with E-state index in [1.54, 1.807) is 0 Å². The molecule has 12 rings (SSSR count). The van der Waals surface area contributed by atoms with E-state index in [0.717, 1.165) is 27.7 Å². The molecule has 64 heteroatoms. The summed E-state index contributed by atoms with van der Waals surface area (Å²) in [7, 11) is 0. The third-order valence-electron chi connectivity index (χ3n) is 26.6. The van der Waals surface area contributed by atoms with Crippen LogP contribution < -0.4 is 21.3 Å². The zero-order valence-electron chi connectivity index (χ0n) is 77.2. The molecular formula is C80H134N4O60. The summed E-state index contributed by atoms with van der Waals surface area (Å²) >= 11 is 0. The summed E-state index contributed by atoms with van der Waals surface area (Å²) in [5.41, 5.74) is 0. The second kappa shape index (κ2) is 51.6. The van der Waals surface area contributed by atoms with Crippen molar-refractivity contribution < 1.29 is 297 Å². The molecule has 0 aliphatic carbocycles. The molecule has 0 aromatic rings. The van der Waals surface area contributed by atoms with Crippen molar-refractivity contribution >= 4 is 23.6 Å². The molecular weight excluding hydrogens is 1980 g/mol. The molecule has 0 bridgehead atoms. The molecule has 0 aromatic heterocycles. The van der Waals surface area contributed by atoms with E-state index < -0.39 is 465 Å². The van der Waals surface area contributed by atoms with E-state index in [4.69, 9.17) is 109 Å². The second-order valence-corrected chi connectivity index (χ2v) is 36.6. The van der Waals surface area contributed by atoms with Gasteiger partial charge in [-0.05, 0) is 6.92 Å². The molecule has 0 spiro atoms. The highest BCUT2D eigenvalue weighted by molar-refractivity contribution is 5.74. The number of hydrogen-bond donors (Lipinski definition) is 37. The molecule has 64 nitrogen and oxygen atoms in total. The van der Waals surface area contributed by atoms with E-state index in [1.807, 2.05) is 0 Å². The van der Waals surface area contributed by atoms with Crippen molar-refractivity contribution in [2.75, 3.05) is 72.7 Å². The zero-order chi connectivity index (χ0) is 106. The summed E-state index contributed by atoms with van der Waals surface area (Å²) < 4.78 is 137. The number of aliphatic hydroxyl groups is 33. The zero-order valence-corrected chi connectivity index (χ0v) is 77.2. The van der Waals surface area contributed by atoms with Crippen molar-refractivity contribution in [2.45, 2.75) is 403 Å². The van der Waals surface area contributed by atoms with Gasteiger partial charge in [-0.15, -0.1) is 0 Å². The number of aliphatic hydroxyl groups excluding tert-OH is 33. The molecule has 60 atom stereocenters. The SMILES string of the molecule is CC(=O)N[C@H]1[C@H](O[C@H]2[C@H](O)[C@@H](NC(C)=O)C(O)O[C@@H]2CO[C@@H]2O[C@@H](C)[C@@H](O)[C@@H](O)[C@@H]2O)O[C@H](CO)[C@@H](O[C@@H]2O[C@H](CO[C@H]3O[C@H](CO)[C@@H](O)[C@H](O)[C@@H]3O[C@@H]3O[C@H](CO)[C@@H](O[C@@H]4O[C@H](CO)[C@H](O)[C@H](O[C@@H]5O[C@H](CO)[C@H](O)[C@H](O)[C@H]5O)[C@H]4O)[C@H](O)[C@H]3NC(C)=O)[C@@H](O)[C@H](O[C@H]3O[C@H](CO)[C@@H](O)[C@H](O)[C@@H]3O[C@@H]3O[C@H](CO)[C@@H](O[C@@H]4O[C@H](CO)[C@H](O)[C@H](O[C@@H]5O[C@H](CO)[C@H](O)[C@H](O)[C@H]5O)[C@H]4O)[C@H](O)[C@H]3NC(C)=O)[C@@H]2O)[C@@H]1O. The Bertz CT molecular complexity index is 3980. The van der Waals surface area contributed by atoms with Gasteiger partial charge in [-0.1, -0.05) is 0 Å². The predicted octanol–water partition coefficient (Wildman–Crippen LogP) is -25.6. The van der Waals surface area contributed by atoms with E-state index >= 15 is 0 Å². The van der Waals surface area contributed by atoms with Crippen LogP contribution in [0.4, 0.5) is 0 Å². The molecule has 37 N–H and O–H groups in total. The number of amides is 4. The molecule has 1 unspecified atom stereocenters. The van der Waals surface area contributed by atoms with Crippen molar-refractivity contribution in [3.05, 3.63) is 0 Å². The van der Waals surface area contributed by atoms with Gasteiger partial charge in [0.1, 0.15) is 287 Å². The second-order valence-electron chi connectivity index (χ2n) is 36.6. The van der Waals surface area contributed by atoms with Gasteiger partial charge >= 0.3 is 0 Å². The summed E-state index contributed by atoms with van der Waals surface area (Å²) in [4.78, 5) is 52.5. The van der Waals surface area contributed by atoms with Gasteiger partial charge in [-0.2, -0.15) is 0 Å². The van der Waals surface area contributed by atoms with Crippen molar-refractivity contribution in [1.29, 1.82) is 0 Å². The number of ether oxygens (including phenoxy) is 23. The maximum Gasteiger partial charge on any atom is 0.217 e. The summed E-state index contributed by atoms with van der Waals surface area (Å²) in [5, 5.41) is 380. The van der Waals surface area contributed by atoms with Gasteiger partial charge in [0, 0.05) is 27.7 Å². The maximum absolute atomic E-state index is 13.4. The standard InChI is InChI=1S/C80H134N4O60/c1-17-37(98)49(110)54(115)73(124-17)122-16-32-63(45(106)33(69(121)125-32)81-18(2)94)136-70-34(82-19(3)95)46(107)62(28(12-91)132-70)139-78-59(120)66(142-80-68(53(114)41(102)25(9-88)131-80)144-72-36(84-21(5)97)48(109)61(30(14-93)134-72)138-77-58(119)65(43(104)27(11-90)129-77)141-75-56(117)51(112)39(100)23(7-86)127-75)44(105)31(135-78)15-123-79-67(52(113)40(101)24(8-87)130-79)143-71-35(83-20(4)96)47(108)60(29(13-92)133-71)137-76-57(118)64(42(103)26(10-89)128-76)140-74-55(116)50(111)38(99)22(6-85)126-74/h17,22-80,85-93,98-121H,6-16H2,1-5H3,(H,81,94)(H,82,95)(H,83,96)(H,84,97)/t17-,22+,23+,24+,25+,26+,27+,28+,29+,30+,31+,32+,33+,34+,35+,36+,37+,38-,39-,40+,41+,42-,43-,44+,45+,46+,47+,48+,49+,50-,51-,52-,53-,54-,55+,56+,57+,58+,59-,60+,61+,62+,63+,64-,65-,66-,67-,68-,69?,70-,71-,72-,73+,74-,75-,76-,77-,78-,79-,80+/m0/s1. The van der Waals surface area contributed by atoms with Crippen LogP contribution in [0.15, 0.2) is 0 Å². The Balaban J connectivity index is 0.856. The van der Waals surface area contributed by atoms with Gasteiger partial charge in [-0.3, -0.25) is 19.2 Å². The normalized spacial score (nSPS) is 50.4. The van der Waals surface area contributed by atoms with Crippen LogP contribution in [0.1, 0.15) is 34.6 Å². The number of carbonyl (C=O) groups excluding carboxylic acids is 4. The minimum absolute atomic E-state index is 0.874. The van der Waals surface area contributed by atoms with Gasteiger partial charge < -0.3 is 299 Å². The van der Waals surface area contributed by atoms with E-state index in [0.29, 0.717) is 0 Å². The number of nitrogens with one attached hydrogen (secondary N) is 4. The third kappa shape index (κ3) is 25.8. The average Bonchev–Trinajstić information content (AvgIpc) is 0.730. The van der Waals surface area contributed by atoms with E-state index in [9.17, 15) is 188 Å². The molecule has 0 aromatic carbocycles. The van der Waals surface area contributed by atoms with Gasteiger partial charge in [0.15, 0.2) is 75.5 Å². The van der Waals surface area contributed by atoms with Gasteiger partial charge in [-0.25, -0.2) is 0 Å². The van der Waals surface area contributed by atoms with Crippen LogP contribution in [0.3, 0.4) is 0 Å². The summed E-state index contributed by atoms with van der Waals surface area (Å²) in [6, 6.07) is -8.05. The fourth-order valence-corrected chi connectivity index (χ4v) is 18.7. The fraction of sp³-hybridized carbons (Fsp3) is 0.950. The Morgan fingerprint density at radius 3 is 0.778 bits per heavy atom. The van der Waals surface area contributed by atoms with E-state index in [2.05, 4.69) is 21.3 Å². The predicted molar refractivity (Wildman–Crippen MR) is 440 cm³/mol. The Morgan fingerprint density at radius 1 is 0.194 bits per heavy atom. The number of rotatable bonds is 37. The minimum Gasteiger partial charge on any atom is -0.394 e. The van der Waals surface area contributed by atoms with E-state index in [-0.39, 0.29) is 0 Å². The first kappa shape index (κ1) is 118. The first-order valence-electron chi connectivity index (χ1n) is 46.0. The Morgan fingerprint density at radius 2 is 0.424 bits per heavy atom. The molecule has 12 fully saturated rings. The van der Waals surface area contributed by atoms with Crippen LogP contribution in [-0.4, -0.2) is 633 Å². The quantitative estimate of drug-likeness (QED) is 0.0275. The first-order valence-corrected chi connectivity index (χ1v) is 46.0. The van der Waals surface area contributed by atoms with Crippen molar-refractivity contribution in [2.24, 2.45) is 0 Å². The number of hydrogen-bond acceptors (Lipinski definition) is 60. The lowest BCUT2D eigenvalue weighted by molar-refractivity contribution is -0.400. The molecule has 12 saturated heterocycles. The van der Waals surface area contributed by atoms with E-state index in [1.165, 1.54) is 6.92 Å². The first-order chi connectivity index (χ1) is 68.1. The Kier molecular flexibility index (Phi) is 42.4. The largest absolute Gasteiger partial charge is 0.394 e. The van der Waals surface area contributed by atoms with Crippen LogP contribution in [0.25, 0.3) is 0 Å². The summed E-state index contributed by atoms with van der Waals surface area (Å²) in [6.07, 6.45) is -120. The minimum atomic E-state index is -2.71. The van der Waals surface area contributed by atoms with Crippen molar-refractivity contribution in [3.8, 4) is 0 Å². The van der Waals surface area contributed by atoms with Gasteiger partial charge in [0.25, 0.3) is 0 Å². The maximum atomic E-state index is 13.4. The third-order valence-corrected chi connectivity index (χ3v) is 26.6. The van der Waals surface area contributed by atoms with Crippen LogP contribution in [-0.2, 0) is 128 Å². The molecule has 0 saturated carbocycles. The Hall–Kier alpha value is -4.36. The van der Waals surface area contributed by atoms with Crippen molar-refractivity contribution in [3.63, 3.8) is 0 Å². The van der Waals surface area contributed by atoms with Crippen LogP contribution in [0.5, 0.6) is 0 Å². The highest BCUT2D eigenvalue weighted by Gasteiger charge is 2.64. The fourth-order valence-electron chi connectivity index (χ4n) is 18.7. The molecule has 12 aliphatic rings. The number of carbonyl (C=O) groups is 4. The van der Waals surface area contributed by atoms with Crippen molar-refractivity contribution in [1.82, 2.24) is 21.3 Å².